The molecule has 4 rings (SSSR count). The summed E-state index contributed by atoms with van der Waals surface area (Å²) in [7, 11) is 3.20. The van der Waals surface area contributed by atoms with Crippen LogP contribution in [0, 0.1) is 5.92 Å². The van der Waals surface area contributed by atoms with Crippen molar-refractivity contribution in [2.75, 3.05) is 20.1 Å². The number of aromatic nitrogens is 2. The van der Waals surface area contributed by atoms with Crippen molar-refractivity contribution in [1.29, 1.82) is 0 Å². The minimum absolute atomic E-state index is 0.209. The number of imide groups is 1. The number of fused-ring (bicyclic) bond motifs is 1. The summed E-state index contributed by atoms with van der Waals surface area (Å²) in [5, 5.41) is 0. The molecule has 0 bridgehead atoms. The minimum Gasteiger partial charge on any atom is -0.444 e. The molecule has 2 aliphatic rings. The molecule has 1 aromatic heterocycles. The fourth-order valence-electron chi connectivity index (χ4n) is 5.10. The SMILES string of the molecule is CN1C(=O)CCC(n2c(=O)n(C)c3cc(CCC4CCN(C(=O)OC(C)(C)C)CC4)ccc32)C1=O. The Labute approximate surface area is 205 Å². The van der Waals surface area contributed by atoms with E-state index in [0.29, 0.717) is 30.9 Å². The van der Waals surface area contributed by atoms with Crippen molar-refractivity contribution in [2.24, 2.45) is 13.0 Å². The molecule has 9 heteroatoms. The maximum Gasteiger partial charge on any atom is 0.410 e. The summed E-state index contributed by atoms with van der Waals surface area (Å²) in [5.41, 5.74) is 1.92. The molecule has 1 aromatic carbocycles. The monoisotopic (exact) mass is 484 g/mol. The molecule has 3 heterocycles. The van der Waals surface area contributed by atoms with Crippen LogP contribution in [0.15, 0.2) is 23.0 Å². The number of carbonyl (C=O) groups is 3. The summed E-state index contributed by atoms with van der Waals surface area (Å²) in [6.45, 7) is 7.06. The number of carbonyl (C=O) groups excluding carboxylic acids is 3. The second-order valence-electron chi connectivity index (χ2n) is 10.8. The third kappa shape index (κ3) is 5.13. The fraction of sp³-hybridized carbons (Fsp3) is 0.615. The Morgan fingerprint density at radius 3 is 2.37 bits per heavy atom. The van der Waals surface area contributed by atoms with E-state index in [1.807, 2.05) is 39.0 Å². The molecule has 2 aliphatic heterocycles. The van der Waals surface area contributed by atoms with Gasteiger partial charge in [0, 0.05) is 33.6 Å². The Morgan fingerprint density at radius 1 is 1.03 bits per heavy atom. The van der Waals surface area contributed by atoms with Crippen LogP contribution in [-0.4, -0.2) is 62.6 Å². The second kappa shape index (κ2) is 9.51. The van der Waals surface area contributed by atoms with E-state index in [0.717, 1.165) is 41.7 Å². The normalized spacial score (nSPS) is 20.1. The molecule has 9 nitrogen and oxygen atoms in total. The molecule has 0 N–H and O–H groups in total. The summed E-state index contributed by atoms with van der Waals surface area (Å²) in [6.07, 6.45) is 4.14. The van der Waals surface area contributed by atoms with Gasteiger partial charge in [0.1, 0.15) is 11.6 Å². The lowest BCUT2D eigenvalue weighted by molar-refractivity contribution is -0.149. The maximum absolute atomic E-state index is 13.0. The van der Waals surface area contributed by atoms with Gasteiger partial charge in [0.15, 0.2) is 0 Å². The average Bonchev–Trinajstić information content (AvgIpc) is 3.05. The lowest BCUT2D eigenvalue weighted by Crippen LogP contribution is -2.45. The largest absolute Gasteiger partial charge is 0.444 e. The summed E-state index contributed by atoms with van der Waals surface area (Å²) in [4.78, 5) is 52.8. The van der Waals surface area contributed by atoms with Crippen molar-refractivity contribution in [3.63, 3.8) is 0 Å². The van der Waals surface area contributed by atoms with Crippen LogP contribution in [-0.2, 0) is 27.8 Å². The van der Waals surface area contributed by atoms with E-state index in [1.54, 1.807) is 16.5 Å². The number of likely N-dealkylation sites (tertiary alicyclic amines) is 2. The van der Waals surface area contributed by atoms with E-state index in [9.17, 15) is 19.2 Å². The van der Waals surface area contributed by atoms with E-state index >= 15 is 0 Å². The predicted molar refractivity (Wildman–Crippen MR) is 132 cm³/mol. The molecule has 2 fully saturated rings. The predicted octanol–water partition coefficient (Wildman–Crippen LogP) is 3.24. The molecule has 1 unspecified atom stereocenters. The van der Waals surface area contributed by atoms with Gasteiger partial charge in [-0.05, 0) is 76.5 Å². The number of likely N-dealkylation sites (N-methyl/N-ethyl adjacent to an activating group) is 1. The van der Waals surface area contributed by atoms with Gasteiger partial charge < -0.3 is 9.64 Å². The quantitative estimate of drug-likeness (QED) is 0.621. The van der Waals surface area contributed by atoms with Crippen LogP contribution in [0.2, 0.25) is 0 Å². The van der Waals surface area contributed by atoms with Crippen molar-refractivity contribution < 1.29 is 19.1 Å². The Balaban J connectivity index is 1.42. The van der Waals surface area contributed by atoms with Crippen LogP contribution in [0.5, 0.6) is 0 Å². The van der Waals surface area contributed by atoms with Gasteiger partial charge in [0.05, 0.1) is 11.0 Å². The van der Waals surface area contributed by atoms with Crippen LogP contribution in [0.1, 0.15) is 64.5 Å². The van der Waals surface area contributed by atoms with Gasteiger partial charge in [0.2, 0.25) is 5.91 Å². The van der Waals surface area contributed by atoms with Gasteiger partial charge in [0.25, 0.3) is 5.91 Å². The number of hydrogen-bond donors (Lipinski definition) is 0. The highest BCUT2D eigenvalue weighted by Crippen LogP contribution is 2.28. The number of piperidine rings is 2. The molecule has 2 aromatic rings. The first kappa shape index (κ1) is 25.0. The van der Waals surface area contributed by atoms with Gasteiger partial charge in [-0.1, -0.05) is 6.07 Å². The number of hydrogen-bond acceptors (Lipinski definition) is 5. The van der Waals surface area contributed by atoms with E-state index in [1.165, 1.54) is 11.6 Å². The molecule has 3 amide bonds. The average molecular weight is 485 g/mol. The van der Waals surface area contributed by atoms with Crippen LogP contribution in [0.4, 0.5) is 4.79 Å². The number of amides is 3. The standard InChI is InChI=1S/C26H36N4O5/c1-26(2,3)35-25(34)29-14-12-17(13-15-29)6-7-18-8-9-19-21(16-18)27(4)24(33)30(19)20-10-11-22(31)28(5)23(20)32/h8-9,16-17,20H,6-7,10-15H2,1-5H3. The van der Waals surface area contributed by atoms with Crippen molar-refractivity contribution in [2.45, 2.75) is 70.9 Å². The molecule has 0 radical (unpaired) electrons. The van der Waals surface area contributed by atoms with Gasteiger partial charge in [-0.25, -0.2) is 9.59 Å². The molecule has 190 valence electrons. The first-order valence-corrected chi connectivity index (χ1v) is 12.4. The number of ether oxygens (including phenoxy) is 1. The van der Waals surface area contributed by atoms with Crippen molar-refractivity contribution in [3.05, 3.63) is 34.2 Å². The number of aryl methyl sites for hydroxylation is 2. The van der Waals surface area contributed by atoms with Gasteiger partial charge in [-0.15, -0.1) is 0 Å². The summed E-state index contributed by atoms with van der Waals surface area (Å²) >= 11 is 0. The summed E-state index contributed by atoms with van der Waals surface area (Å²) in [5.74, 6) is -0.0119. The van der Waals surface area contributed by atoms with Crippen LogP contribution in [0.3, 0.4) is 0 Å². The van der Waals surface area contributed by atoms with E-state index in [2.05, 4.69) is 0 Å². The second-order valence-corrected chi connectivity index (χ2v) is 10.8. The maximum atomic E-state index is 13.0. The Morgan fingerprint density at radius 2 is 1.71 bits per heavy atom. The molecule has 35 heavy (non-hydrogen) atoms. The highest BCUT2D eigenvalue weighted by molar-refractivity contribution is 5.99. The van der Waals surface area contributed by atoms with Crippen molar-refractivity contribution in [1.82, 2.24) is 18.9 Å². The zero-order valence-electron chi connectivity index (χ0n) is 21.4. The molecular formula is C26H36N4O5. The Kier molecular flexibility index (Phi) is 6.79. The van der Waals surface area contributed by atoms with E-state index in [-0.39, 0.29) is 30.0 Å². The third-order valence-electron chi connectivity index (χ3n) is 7.19. The number of imidazole rings is 1. The van der Waals surface area contributed by atoms with Crippen LogP contribution >= 0.6 is 0 Å². The smallest absolute Gasteiger partial charge is 0.410 e. The van der Waals surface area contributed by atoms with Crippen molar-refractivity contribution >= 4 is 28.9 Å². The zero-order chi connectivity index (χ0) is 25.5. The molecule has 0 aliphatic carbocycles. The molecular weight excluding hydrogens is 448 g/mol. The highest BCUT2D eigenvalue weighted by atomic mass is 16.6. The van der Waals surface area contributed by atoms with E-state index < -0.39 is 11.6 Å². The first-order valence-electron chi connectivity index (χ1n) is 12.4. The van der Waals surface area contributed by atoms with Crippen LogP contribution < -0.4 is 5.69 Å². The summed E-state index contributed by atoms with van der Waals surface area (Å²) in [6, 6.07) is 5.32. The van der Waals surface area contributed by atoms with Gasteiger partial charge in [-0.3, -0.25) is 23.6 Å². The number of benzene rings is 1. The Bertz CT molecular complexity index is 1200. The fourth-order valence-corrected chi connectivity index (χ4v) is 5.10. The van der Waals surface area contributed by atoms with Crippen LogP contribution in [0.25, 0.3) is 11.0 Å². The van der Waals surface area contributed by atoms with Crippen molar-refractivity contribution in [3.8, 4) is 0 Å². The zero-order valence-corrected chi connectivity index (χ0v) is 21.4. The highest BCUT2D eigenvalue weighted by Gasteiger charge is 2.35. The Hall–Kier alpha value is -3.10. The van der Waals surface area contributed by atoms with Gasteiger partial charge in [-0.2, -0.15) is 0 Å². The summed E-state index contributed by atoms with van der Waals surface area (Å²) < 4.78 is 8.61. The lowest BCUT2D eigenvalue weighted by Gasteiger charge is -2.33. The molecule has 0 saturated carbocycles. The topological polar surface area (TPSA) is 93.9 Å². The first-order chi connectivity index (χ1) is 16.5. The van der Waals surface area contributed by atoms with Gasteiger partial charge >= 0.3 is 11.8 Å². The minimum atomic E-state index is -0.657. The third-order valence-corrected chi connectivity index (χ3v) is 7.19. The molecule has 1 atom stereocenters. The number of rotatable bonds is 4. The molecule has 0 spiro atoms. The number of nitrogens with zero attached hydrogens (tertiary/aromatic N) is 4. The lowest BCUT2D eigenvalue weighted by atomic mass is 9.90. The van der Waals surface area contributed by atoms with E-state index in [4.69, 9.17) is 4.74 Å². The molecule has 2 saturated heterocycles.